The number of aliphatic carboxylic acids is 2. The number of rotatable bonds is 15. The Morgan fingerprint density at radius 1 is 0.861 bits per heavy atom. The van der Waals surface area contributed by atoms with E-state index in [2.05, 4.69) is 16.0 Å². The maximum atomic E-state index is 13.2. The minimum absolute atomic E-state index is 0.281. The Balaban J connectivity index is 2.94. The molecule has 7 N–H and O–H groups in total. The molecule has 0 radical (unpaired) electrons. The van der Waals surface area contributed by atoms with Gasteiger partial charge in [-0.25, -0.2) is 4.79 Å². The van der Waals surface area contributed by atoms with E-state index >= 15 is 0 Å². The summed E-state index contributed by atoms with van der Waals surface area (Å²) in [7, 11) is 0. The van der Waals surface area contributed by atoms with Crippen LogP contribution in [0.2, 0.25) is 0 Å². The minimum atomic E-state index is -1.42. The predicted octanol–water partition coefficient (Wildman–Crippen LogP) is 0.662. The van der Waals surface area contributed by atoms with Crippen molar-refractivity contribution in [3.63, 3.8) is 0 Å². The number of carbonyl (C=O) groups is 5. The average molecular weight is 507 g/mol. The summed E-state index contributed by atoms with van der Waals surface area (Å²) in [5, 5.41) is 25.8. The molecule has 0 saturated heterocycles. The fraction of sp³-hybridized carbons (Fsp3) is 0.560. The highest BCUT2D eigenvalue weighted by molar-refractivity contribution is 5.94. The molecule has 5 unspecified atom stereocenters. The van der Waals surface area contributed by atoms with Gasteiger partial charge >= 0.3 is 11.9 Å². The van der Waals surface area contributed by atoms with E-state index < -0.39 is 66.2 Å². The molecule has 200 valence electrons. The molecule has 0 aliphatic heterocycles. The van der Waals surface area contributed by atoms with Crippen molar-refractivity contribution in [3.05, 3.63) is 35.9 Å². The zero-order valence-electron chi connectivity index (χ0n) is 21.2. The fourth-order valence-corrected chi connectivity index (χ4v) is 3.49. The maximum absolute atomic E-state index is 13.2. The molecule has 1 aromatic carbocycles. The molecule has 0 aromatic heterocycles. The Kier molecular flexibility index (Phi) is 12.6. The van der Waals surface area contributed by atoms with Crippen molar-refractivity contribution in [2.75, 3.05) is 0 Å². The van der Waals surface area contributed by atoms with Crippen molar-refractivity contribution < 1.29 is 34.2 Å². The van der Waals surface area contributed by atoms with E-state index in [-0.39, 0.29) is 18.8 Å². The quantitative estimate of drug-likeness (QED) is 0.200. The highest BCUT2D eigenvalue weighted by Crippen LogP contribution is 2.12. The van der Waals surface area contributed by atoms with Crippen LogP contribution in [0.4, 0.5) is 0 Å². The zero-order valence-corrected chi connectivity index (χ0v) is 21.2. The van der Waals surface area contributed by atoms with Gasteiger partial charge in [0.15, 0.2) is 0 Å². The molecule has 1 aromatic rings. The molecule has 0 saturated carbocycles. The smallest absolute Gasteiger partial charge is 0.326 e. The Hall–Kier alpha value is -3.47. The molecular formula is C25H38N4O7. The summed E-state index contributed by atoms with van der Waals surface area (Å²) in [6, 6.07) is 4.83. The van der Waals surface area contributed by atoms with Crippen molar-refractivity contribution in [1.82, 2.24) is 16.0 Å². The molecule has 5 atom stereocenters. The Morgan fingerprint density at radius 3 is 1.92 bits per heavy atom. The molecule has 1 rings (SSSR count). The number of nitrogens with one attached hydrogen (secondary N) is 3. The number of carbonyl (C=O) groups excluding carboxylic acids is 3. The summed E-state index contributed by atoms with van der Waals surface area (Å²) in [5.74, 6) is -5.14. The lowest BCUT2D eigenvalue weighted by Gasteiger charge is -2.29. The lowest BCUT2D eigenvalue weighted by Crippen LogP contribution is -2.59. The summed E-state index contributed by atoms with van der Waals surface area (Å²) >= 11 is 0. The Labute approximate surface area is 211 Å². The molecule has 0 bridgehead atoms. The van der Waals surface area contributed by atoms with Gasteiger partial charge in [-0.05, 0) is 30.2 Å². The van der Waals surface area contributed by atoms with E-state index in [0.717, 1.165) is 5.56 Å². The van der Waals surface area contributed by atoms with Gasteiger partial charge in [0, 0.05) is 6.42 Å². The third-order valence-electron chi connectivity index (χ3n) is 5.94. The van der Waals surface area contributed by atoms with Gasteiger partial charge in [0.25, 0.3) is 0 Å². The summed E-state index contributed by atoms with van der Waals surface area (Å²) in [6.07, 6.45) is 0.0912. The first kappa shape index (κ1) is 30.6. The average Bonchev–Trinajstić information content (AvgIpc) is 2.82. The molecule has 36 heavy (non-hydrogen) atoms. The van der Waals surface area contributed by atoms with E-state index in [4.69, 9.17) is 10.8 Å². The van der Waals surface area contributed by atoms with Crippen molar-refractivity contribution in [1.29, 1.82) is 0 Å². The van der Waals surface area contributed by atoms with Gasteiger partial charge in [0.1, 0.15) is 18.1 Å². The van der Waals surface area contributed by atoms with Gasteiger partial charge in [-0.15, -0.1) is 0 Å². The van der Waals surface area contributed by atoms with Gasteiger partial charge in [-0.1, -0.05) is 64.4 Å². The van der Waals surface area contributed by atoms with E-state index in [0.29, 0.717) is 6.42 Å². The summed E-state index contributed by atoms with van der Waals surface area (Å²) in [5.41, 5.74) is 6.94. The van der Waals surface area contributed by atoms with Crippen LogP contribution in [0.5, 0.6) is 0 Å². The predicted molar refractivity (Wildman–Crippen MR) is 133 cm³/mol. The third kappa shape index (κ3) is 10.0. The highest BCUT2D eigenvalue weighted by Gasteiger charge is 2.33. The number of hydrogen-bond donors (Lipinski definition) is 6. The van der Waals surface area contributed by atoms with Crippen molar-refractivity contribution in [2.45, 2.75) is 77.5 Å². The molecule has 11 heteroatoms. The standard InChI is InChI=1S/C25H38N4O7/c1-5-15(4)21(29-22(32)17(26)13-16-9-7-6-8-10-16)24(34)28-20(14(2)3)23(33)27-18(25(35)36)11-12-19(30)31/h6-10,14-15,17-18,20-21H,5,11-13,26H2,1-4H3,(H,27,33)(H,28,34)(H,29,32)(H,30,31)(H,35,36). The van der Waals surface area contributed by atoms with Crippen LogP contribution in [0.25, 0.3) is 0 Å². The van der Waals surface area contributed by atoms with E-state index in [1.165, 1.54) is 0 Å². The van der Waals surface area contributed by atoms with Gasteiger partial charge in [0.2, 0.25) is 17.7 Å². The van der Waals surface area contributed by atoms with E-state index in [1.54, 1.807) is 20.8 Å². The van der Waals surface area contributed by atoms with Gasteiger partial charge < -0.3 is 31.9 Å². The molecular weight excluding hydrogens is 468 g/mol. The molecule has 0 heterocycles. The Bertz CT molecular complexity index is 907. The van der Waals surface area contributed by atoms with Crippen LogP contribution in [0.1, 0.15) is 52.5 Å². The van der Waals surface area contributed by atoms with Crippen LogP contribution >= 0.6 is 0 Å². The summed E-state index contributed by atoms with van der Waals surface area (Å²) in [4.78, 5) is 61.0. The van der Waals surface area contributed by atoms with Crippen LogP contribution in [-0.2, 0) is 30.4 Å². The van der Waals surface area contributed by atoms with Crippen LogP contribution < -0.4 is 21.7 Å². The number of nitrogens with two attached hydrogens (primary N) is 1. The summed E-state index contributed by atoms with van der Waals surface area (Å²) in [6.45, 7) is 6.98. The number of amides is 3. The van der Waals surface area contributed by atoms with Crippen molar-refractivity contribution in [2.24, 2.45) is 17.6 Å². The minimum Gasteiger partial charge on any atom is -0.481 e. The van der Waals surface area contributed by atoms with Crippen molar-refractivity contribution in [3.8, 4) is 0 Å². The second kappa shape index (κ2) is 14.8. The van der Waals surface area contributed by atoms with Gasteiger partial charge in [-0.3, -0.25) is 19.2 Å². The monoisotopic (exact) mass is 506 g/mol. The molecule has 0 aliphatic rings. The first-order valence-electron chi connectivity index (χ1n) is 12.0. The van der Waals surface area contributed by atoms with Crippen LogP contribution in [0, 0.1) is 11.8 Å². The van der Waals surface area contributed by atoms with Crippen LogP contribution in [0.15, 0.2) is 30.3 Å². The van der Waals surface area contributed by atoms with Crippen LogP contribution in [0.3, 0.4) is 0 Å². The number of hydrogen-bond acceptors (Lipinski definition) is 6. The maximum Gasteiger partial charge on any atom is 0.326 e. The summed E-state index contributed by atoms with van der Waals surface area (Å²) < 4.78 is 0. The zero-order chi connectivity index (χ0) is 27.4. The first-order valence-corrected chi connectivity index (χ1v) is 12.0. The largest absolute Gasteiger partial charge is 0.481 e. The lowest BCUT2D eigenvalue weighted by molar-refractivity contribution is -0.143. The van der Waals surface area contributed by atoms with Gasteiger partial charge in [0.05, 0.1) is 6.04 Å². The molecule has 0 fully saturated rings. The number of carboxylic acids is 2. The molecule has 3 amide bonds. The molecule has 11 nitrogen and oxygen atoms in total. The first-order chi connectivity index (χ1) is 16.9. The van der Waals surface area contributed by atoms with E-state index in [1.807, 2.05) is 37.3 Å². The van der Waals surface area contributed by atoms with Crippen molar-refractivity contribution >= 4 is 29.7 Å². The highest BCUT2D eigenvalue weighted by atomic mass is 16.4. The van der Waals surface area contributed by atoms with E-state index in [9.17, 15) is 29.1 Å². The second-order valence-electron chi connectivity index (χ2n) is 9.23. The normalized spacial score (nSPS) is 15.2. The SMILES string of the molecule is CCC(C)C(NC(=O)C(N)Cc1ccccc1)C(=O)NC(C(=O)NC(CCC(=O)O)C(=O)O)C(C)C. The van der Waals surface area contributed by atoms with Crippen LogP contribution in [-0.4, -0.2) is 64.0 Å². The molecule has 0 spiro atoms. The number of benzene rings is 1. The topological polar surface area (TPSA) is 188 Å². The fourth-order valence-electron chi connectivity index (χ4n) is 3.49. The second-order valence-corrected chi connectivity index (χ2v) is 9.23. The third-order valence-corrected chi connectivity index (χ3v) is 5.94. The lowest BCUT2D eigenvalue weighted by atomic mass is 9.95. The Morgan fingerprint density at radius 2 is 1.42 bits per heavy atom. The molecule has 0 aliphatic carbocycles. The van der Waals surface area contributed by atoms with Gasteiger partial charge in [-0.2, -0.15) is 0 Å². The number of carboxylic acid groups (broad SMARTS) is 2.